The van der Waals surface area contributed by atoms with Gasteiger partial charge in [-0.1, -0.05) is 30.3 Å². The molecule has 30 heavy (non-hydrogen) atoms. The third kappa shape index (κ3) is 2.74. The maximum Gasteiger partial charge on any atom is 0.376 e. The summed E-state index contributed by atoms with van der Waals surface area (Å²) in [5.41, 5.74) is -1.32. The molecule has 0 unspecified atom stereocenters. The minimum absolute atomic E-state index is 0.0514. The second-order valence-corrected chi connectivity index (χ2v) is 7.69. The summed E-state index contributed by atoms with van der Waals surface area (Å²) in [5, 5.41) is 1.46. The SMILES string of the molecule is CCN(CC)C(=O)[C@@]1(C)[C@@H](c2ccccc2)[C@]2(C)C(C(=O)OC)=C(C(=O)OC)ON12. The van der Waals surface area contributed by atoms with Gasteiger partial charge in [-0.2, -0.15) is 0 Å². The van der Waals surface area contributed by atoms with Gasteiger partial charge in [-0.25, -0.2) is 9.59 Å². The molecular formula is C22H28N2O6. The van der Waals surface area contributed by atoms with Gasteiger partial charge in [0.1, 0.15) is 16.7 Å². The number of amides is 1. The minimum atomic E-state index is -1.14. The summed E-state index contributed by atoms with van der Waals surface area (Å²) in [6.45, 7) is 8.43. The molecule has 0 spiro atoms. The van der Waals surface area contributed by atoms with Crippen LogP contribution in [0.2, 0.25) is 0 Å². The van der Waals surface area contributed by atoms with Crippen molar-refractivity contribution in [1.82, 2.24) is 9.96 Å². The van der Waals surface area contributed by atoms with Crippen LogP contribution in [0.3, 0.4) is 0 Å². The largest absolute Gasteiger partial charge is 0.465 e. The Morgan fingerprint density at radius 1 is 1.03 bits per heavy atom. The topological polar surface area (TPSA) is 85.4 Å². The van der Waals surface area contributed by atoms with Crippen molar-refractivity contribution >= 4 is 17.8 Å². The van der Waals surface area contributed by atoms with Gasteiger partial charge in [-0.05, 0) is 33.3 Å². The van der Waals surface area contributed by atoms with Crippen molar-refractivity contribution in [2.75, 3.05) is 27.3 Å². The number of hydroxylamine groups is 2. The molecule has 2 heterocycles. The first-order valence-corrected chi connectivity index (χ1v) is 9.97. The lowest BCUT2D eigenvalue weighted by Gasteiger charge is -2.63. The zero-order valence-corrected chi connectivity index (χ0v) is 18.2. The Balaban J connectivity index is 2.23. The van der Waals surface area contributed by atoms with Crippen molar-refractivity contribution < 1.29 is 28.7 Å². The van der Waals surface area contributed by atoms with Gasteiger partial charge in [0.15, 0.2) is 0 Å². The predicted octanol–water partition coefficient (Wildman–Crippen LogP) is 2.02. The summed E-state index contributed by atoms with van der Waals surface area (Å²) < 4.78 is 9.81. The van der Waals surface area contributed by atoms with Crippen LogP contribution in [0.4, 0.5) is 0 Å². The van der Waals surface area contributed by atoms with Crippen molar-refractivity contribution in [1.29, 1.82) is 0 Å². The molecule has 1 aromatic carbocycles. The molecule has 0 saturated carbocycles. The highest BCUT2D eigenvalue weighted by Crippen LogP contribution is 2.63. The fourth-order valence-corrected chi connectivity index (χ4v) is 4.97. The van der Waals surface area contributed by atoms with Crippen LogP contribution >= 0.6 is 0 Å². The molecule has 0 bridgehead atoms. The van der Waals surface area contributed by atoms with E-state index in [1.165, 1.54) is 19.3 Å². The van der Waals surface area contributed by atoms with E-state index in [1.54, 1.807) is 18.7 Å². The number of methoxy groups -OCH3 is 2. The number of carbonyl (C=O) groups is 3. The molecule has 8 nitrogen and oxygen atoms in total. The van der Waals surface area contributed by atoms with E-state index in [4.69, 9.17) is 14.3 Å². The van der Waals surface area contributed by atoms with Crippen LogP contribution in [-0.4, -0.2) is 66.2 Å². The molecule has 1 aromatic rings. The van der Waals surface area contributed by atoms with Gasteiger partial charge in [0.2, 0.25) is 11.7 Å². The van der Waals surface area contributed by atoms with Crippen LogP contribution in [0, 0.1) is 0 Å². The number of hydrogen-bond donors (Lipinski definition) is 0. The van der Waals surface area contributed by atoms with Crippen LogP contribution in [0.25, 0.3) is 0 Å². The van der Waals surface area contributed by atoms with Gasteiger partial charge < -0.3 is 19.2 Å². The Bertz CT molecular complexity index is 894. The molecule has 0 aliphatic carbocycles. The van der Waals surface area contributed by atoms with E-state index in [0.29, 0.717) is 13.1 Å². The Kier molecular flexibility index (Phi) is 5.64. The molecule has 2 aliphatic rings. The van der Waals surface area contributed by atoms with Crippen molar-refractivity contribution in [2.45, 2.75) is 44.7 Å². The highest BCUT2D eigenvalue weighted by molar-refractivity contribution is 6.03. The van der Waals surface area contributed by atoms with E-state index in [-0.39, 0.29) is 17.2 Å². The zero-order chi connectivity index (χ0) is 22.3. The number of likely N-dealkylation sites (N-methyl/N-ethyl adjacent to an activating group) is 1. The van der Waals surface area contributed by atoms with Gasteiger partial charge in [0, 0.05) is 19.0 Å². The van der Waals surface area contributed by atoms with Gasteiger partial charge >= 0.3 is 11.9 Å². The molecule has 8 heteroatoms. The molecule has 1 saturated heterocycles. The maximum absolute atomic E-state index is 13.6. The monoisotopic (exact) mass is 416 g/mol. The Hall–Kier alpha value is -2.87. The fraction of sp³-hybridized carbons (Fsp3) is 0.500. The number of nitrogens with zero attached hydrogens (tertiary/aromatic N) is 2. The second kappa shape index (κ2) is 7.75. The molecule has 3 rings (SSSR count). The smallest absolute Gasteiger partial charge is 0.376 e. The molecule has 162 valence electrons. The number of carbonyl (C=O) groups excluding carboxylic acids is 3. The molecule has 3 atom stereocenters. The summed E-state index contributed by atoms with van der Waals surface area (Å²) in [6.07, 6.45) is 0. The summed E-state index contributed by atoms with van der Waals surface area (Å²) >= 11 is 0. The first kappa shape index (κ1) is 21.8. The summed E-state index contributed by atoms with van der Waals surface area (Å²) in [7, 11) is 2.45. The molecule has 1 fully saturated rings. The van der Waals surface area contributed by atoms with Crippen molar-refractivity contribution in [3.8, 4) is 0 Å². The fourth-order valence-electron chi connectivity index (χ4n) is 4.97. The highest BCUT2D eigenvalue weighted by atomic mass is 16.7. The normalized spacial score (nSPS) is 27.6. The number of fused-ring (bicyclic) bond motifs is 1. The van der Waals surface area contributed by atoms with E-state index in [0.717, 1.165) is 5.56 Å². The maximum atomic E-state index is 13.6. The van der Waals surface area contributed by atoms with Crippen molar-refractivity contribution in [2.24, 2.45) is 0 Å². The summed E-state index contributed by atoms with van der Waals surface area (Å²) in [6, 6.07) is 9.45. The molecule has 2 aliphatic heterocycles. The lowest BCUT2D eigenvalue weighted by atomic mass is 9.57. The van der Waals surface area contributed by atoms with Crippen LogP contribution in [-0.2, 0) is 28.7 Å². The number of hydrogen-bond acceptors (Lipinski definition) is 7. The minimum Gasteiger partial charge on any atom is -0.465 e. The Morgan fingerprint density at radius 3 is 2.10 bits per heavy atom. The zero-order valence-electron chi connectivity index (χ0n) is 18.2. The van der Waals surface area contributed by atoms with Crippen molar-refractivity contribution in [3.63, 3.8) is 0 Å². The van der Waals surface area contributed by atoms with Gasteiger partial charge in [-0.15, -0.1) is 5.06 Å². The lowest BCUT2D eigenvalue weighted by molar-refractivity contribution is -0.294. The Labute approximate surface area is 176 Å². The van der Waals surface area contributed by atoms with Gasteiger partial charge in [-0.3, -0.25) is 4.79 Å². The van der Waals surface area contributed by atoms with Crippen LogP contribution in [0.15, 0.2) is 41.7 Å². The average Bonchev–Trinajstić information content (AvgIpc) is 3.03. The molecular weight excluding hydrogens is 388 g/mol. The number of ether oxygens (including phenoxy) is 2. The number of esters is 2. The molecule has 1 amide bonds. The second-order valence-electron chi connectivity index (χ2n) is 7.69. The van der Waals surface area contributed by atoms with Gasteiger partial charge in [0.05, 0.1) is 14.2 Å². The lowest BCUT2D eigenvalue weighted by Crippen LogP contribution is -2.79. The van der Waals surface area contributed by atoms with E-state index in [1.807, 2.05) is 44.2 Å². The predicted molar refractivity (Wildman–Crippen MR) is 108 cm³/mol. The quantitative estimate of drug-likeness (QED) is 0.656. The van der Waals surface area contributed by atoms with E-state index in [9.17, 15) is 14.4 Å². The van der Waals surface area contributed by atoms with Crippen LogP contribution in [0.1, 0.15) is 39.2 Å². The molecule has 0 radical (unpaired) electrons. The van der Waals surface area contributed by atoms with E-state index < -0.39 is 28.9 Å². The van der Waals surface area contributed by atoms with Crippen LogP contribution < -0.4 is 0 Å². The average molecular weight is 416 g/mol. The first-order chi connectivity index (χ1) is 14.2. The first-order valence-electron chi connectivity index (χ1n) is 9.97. The van der Waals surface area contributed by atoms with Crippen LogP contribution in [0.5, 0.6) is 0 Å². The third-order valence-electron chi connectivity index (χ3n) is 6.26. The number of rotatable bonds is 6. The molecule has 0 N–H and O–H groups in total. The standard InChI is InChI=1S/C22H28N2O6/c1-7-23(8-2)20(27)22(4)17(14-12-10-9-11-13-14)21(3)15(18(25)28-5)16(19(26)29-6)30-24(21)22/h9-13,17H,7-8H2,1-6H3/t17-,21-,22+/m0/s1. The summed E-state index contributed by atoms with van der Waals surface area (Å²) in [5.74, 6) is -2.34. The van der Waals surface area contributed by atoms with E-state index >= 15 is 0 Å². The number of benzene rings is 1. The van der Waals surface area contributed by atoms with E-state index in [2.05, 4.69) is 0 Å². The third-order valence-corrected chi connectivity index (χ3v) is 6.26. The summed E-state index contributed by atoms with van der Waals surface area (Å²) in [4.78, 5) is 46.4. The Morgan fingerprint density at radius 2 is 1.60 bits per heavy atom. The molecule has 0 aromatic heterocycles. The van der Waals surface area contributed by atoms with Gasteiger partial charge in [0.25, 0.3) is 0 Å². The van der Waals surface area contributed by atoms with Crippen molar-refractivity contribution in [3.05, 3.63) is 47.2 Å². The highest BCUT2D eigenvalue weighted by Gasteiger charge is 2.77.